The molecule has 1 unspecified atom stereocenters. The second-order valence-electron chi connectivity index (χ2n) is 6.11. The number of carbonyl (C=O) groups excluding carboxylic acids is 1. The zero-order valence-electron chi connectivity index (χ0n) is 15.2. The molecule has 0 spiro atoms. The minimum atomic E-state index is -0.877. The SMILES string of the molecule is Cc1ccc(OCCNC(=O)c2ccccc2NCC(O)CO)cc1C. The second kappa shape index (κ2) is 9.79. The van der Waals surface area contributed by atoms with E-state index in [-0.39, 0.29) is 19.1 Å². The minimum Gasteiger partial charge on any atom is -0.492 e. The van der Waals surface area contributed by atoms with Gasteiger partial charge in [-0.05, 0) is 49.2 Å². The molecule has 0 aromatic heterocycles. The van der Waals surface area contributed by atoms with Gasteiger partial charge in [0.05, 0.1) is 24.8 Å². The molecule has 140 valence electrons. The summed E-state index contributed by atoms with van der Waals surface area (Å²) in [5.41, 5.74) is 3.45. The molecule has 0 aliphatic rings. The number of nitrogens with one attached hydrogen (secondary N) is 2. The molecule has 0 saturated heterocycles. The van der Waals surface area contributed by atoms with E-state index in [1.807, 2.05) is 32.0 Å². The van der Waals surface area contributed by atoms with Gasteiger partial charge in [0.2, 0.25) is 0 Å². The molecule has 0 heterocycles. The summed E-state index contributed by atoms with van der Waals surface area (Å²) >= 11 is 0. The van der Waals surface area contributed by atoms with E-state index in [9.17, 15) is 9.90 Å². The van der Waals surface area contributed by atoms with E-state index in [2.05, 4.69) is 10.6 Å². The maximum absolute atomic E-state index is 12.4. The maximum Gasteiger partial charge on any atom is 0.253 e. The van der Waals surface area contributed by atoms with E-state index in [0.29, 0.717) is 24.4 Å². The lowest BCUT2D eigenvalue weighted by Crippen LogP contribution is -2.29. The number of aliphatic hydroxyl groups excluding tert-OH is 2. The van der Waals surface area contributed by atoms with Crippen molar-refractivity contribution in [3.05, 3.63) is 59.2 Å². The van der Waals surface area contributed by atoms with Crippen LogP contribution in [-0.4, -0.2) is 48.5 Å². The molecule has 2 aromatic carbocycles. The summed E-state index contributed by atoms with van der Waals surface area (Å²) in [6.07, 6.45) is -0.877. The van der Waals surface area contributed by atoms with Crippen LogP contribution >= 0.6 is 0 Å². The van der Waals surface area contributed by atoms with Crippen LogP contribution in [-0.2, 0) is 0 Å². The van der Waals surface area contributed by atoms with E-state index in [1.54, 1.807) is 24.3 Å². The van der Waals surface area contributed by atoms with Crippen LogP contribution in [0.25, 0.3) is 0 Å². The molecule has 0 aliphatic carbocycles. The molecule has 1 atom stereocenters. The second-order valence-corrected chi connectivity index (χ2v) is 6.11. The van der Waals surface area contributed by atoms with E-state index >= 15 is 0 Å². The lowest BCUT2D eigenvalue weighted by atomic mass is 10.1. The van der Waals surface area contributed by atoms with Gasteiger partial charge >= 0.3 is 0 Å². The van der Waals surface area contributed by atoms with Crippen LogP contribution < -0.4 is 15.4 Å². The van der Waals surface area contributed by atoms with Crippen LogP contribution in [0.2, 0.25) is 0 Å². The van der Waals surface area contributed by atoms with Crippen molar-refractivity contribution in [3.63, 3.8) is 0 Å². The largest absolute Gasteiger partial charge is 0.492 e. The molecule has 1 amide bonds. The Bertz CT molecular complexity index is 734. The van der Waals surface area contributed by atoms with Crippen LogP contribution in [0.15, 0.2) is 42.5 Å². The first-order valence-electron chi connectivity index (χ1n) is 8.61. The Morgan fingerprint density at radius 2 is 1.92 bits per heavy atom. The highest BCUT2D eigenvalue weighted by atomic mass is 16.5. The van der Waals surface area contributed by atoms with Crippen molar-refractivity contribution in [1.29, 1.82) is 0 Å². The molecular formula is C20H26N2O4. The maximum atomic E-state index is 12.4. The highest BCUT2D eigenvalue weighted by molar-refractivity contribution is 5.99. The third-order valence-electron chi connectivity index (χ3n) is 4.05. The minimum absolute atomic E-state index is 0.163. The number of hydrogen-bond donors (Lipinski definition) is 4. The molecule has 0 saturated carbocycles. The summed E-state index contributed by atoms with van der Waals surface area (Å²) in [6, 6.07) is 12.9. The molecule has 6 nitrogen and oxygen atoms in total. The highest BCUT2D eigenvalue weighted by Gasteiger charge is 2.11. The Kier molecular flexibility index (Phi) is 7.44. The average Bonchev–Trinajstić information content (AvgIpc) is 2.66. The fourth-order valence-electron chi connectivity index (χ4n) is 2.36. The van der Waals surface area contributed by atoms with Crippen molar-refractivity contribution in [1.82, 2.24) is 5.32 Å². The van der Waals surface area contributed by atoms with Crippen molar-refractivity contribution in [2.24, 2.45) is 0 Å². The average molecular weight is 358 g/mol. The van der Waals surface area contributed by atoms with Gasteiger partial charge in [-0.15, -0.1) is 0 Å². The molecule has 0 aliphatic heterocycles. The monoisotopic (exact) mass is 358 g/mol. The first kappa shape index (κ1) is 19.8. The number of hydrogen-bond acceptors (Lipinski definition) is 5. The van der Waals surface area contributed by atoms with Crippen LogP contribution in [0.3, 0.4) is 0 Å². The number of ether oxygens (including phenoxy) is 1. The molecule has 6 heteroatoms. The van der Waals surface area contributed by atoms with Gasteiger partial charge in [0, 0.05) is 12.2 Å². The quantitative estimate of drug-likeness (QED) is 0.514. The molecule has 4 N–H and O–H groups in total. The molecular weight excluding hydrogens is 332 g/mol. The highest BCUT2D eigenvalue weighted by Crippen LogP contribution is 2.16. The van der Waals surface area contributed by atoms with Gasteiger partial charge in [-0.3, -0.25) is 4.79 Å². The molecule has 0 fully saturated rings. The lowest BCUT2D eigenvalue weighted by molar-refractivity contribution is 0.0946. The predicted octanol–water partition coefficient (Wildman–Crippen LogP) is 1.88. The fraction of sp³-hybridized carbons (Fsp3) is 0.350. The van der Waals surface area contributed by atoms with Gasteiger partial charge in [0.25, 0.3) is 5.91 Å². The first-order chi connectivity index (χ1) is 12.5. The zero-order chi connectivity index (χ0) is 18.9. The molecule has 2 aromatic rings. The summed E-state index contributed by atoms with van der Waals surface area (Å²) in [5.74, 6) is 0.553. The van der Waals surface area contributed by atoms with Gasteiger partial charge in [-0.1, -0.05) is 18.2 Å². The van der Waals surface area contributed by atoms with Crippen molar-refractivity contribution in [2.75, 3.05) is 31.6 Å². The molecule has 0 bridgehead atoms. The Morgan fingerprint density at radius 3 is 2.65 bits per heavy atom. The Labute approximate surface area is 153 Å². The number of rotatable bonds is 9. The Balaban J connectivity index is 1.84. The smallest absolute Gasteiger partial charge is 0.253 e. The van der Waals surface area contributed by atoms with Crippen LogP contribution in [0, 0.1) is 13.8 Å². The number of para-hydroxylation sites is 1. The Hall–Kier alpha value is -2.57. The normalized spacial score (nSPS) is 11.7. The van der Waals surface area contributed by atoms with E-state index in [0.717, 1.165) is 11.3 Å². The zero-order valence-corrected chi connectivity index (χ0v) is 15.2. The summed E-state index contributed by atoms with van der Waals surface area (Å²) in [5, 5.41) is 24.1. The lowest BCUT2D eigenvalue weighted by Gasteiger charge is -2.14. The van der Waals surface area contributed by atoms with Crippen molar-refractivity contribution < 1.29 is 19.7 Å². The number of carbonyl (C=O) groups is 1. The van der Waals surface area contributed by atoms with Gasteiger partial charge in [0.1, 0.15) is 12.4 Å². The Morgan fingerprint density at radius 1 is 1.15 bits per heavy atom. The third kappa shape index (κ3) is 5.75. The van der Waals surface area contributed by atoms with E-state index < -0.39 is 6.10 Å². The number of aliphatic hydroxyl groups is 2. The first-order valence-corrected chi connectivity index (χ1v) is 8.61. The summed E-state index contributed by atoms with van der Waals surface area (Å²) in [6.45, 7) is 4.65. The van der Waals surface area contributed by atoms with Gasteiger partial charge < -0.3 is 25.6 Å². The van der Waals surface area contributed by atoms with Gasteiger partial charge in [0.15, 0.2) is 0 Å². The topological polar surface area (TPSA) is 90.8 Å². The number of aryl methyl sites for hydroxylation is 2. The summed E-state index contributed by atoms with van der Waals surface area (Å²) in [7, 11) is 0. The fourth-order valence-corrected chi connectivity index (χ4v) is 2.36. The molecule has 0 radical (unpaired) electrons. The van der Waals surface area contributed by atoms with Crippen molar-refractivity contribution in [2.45, 2.75) is 20.0 Å². The third-order valence-corrected chi connectivity index (χ3v) is 4.05. The standard InChI is InChI=1S/C20H26N2O4/c1-14-7-8-17(11-15(14)2)26-10-9-21-20(25)18-5-3-4-6-19(18)22-12-16(24)13-23/h3-8,11,16,22-24H,9-10,12-13H2,1-2H3,(H,21,25). The van der Waals surface area contributed by atoms with Crippen LogP contribution in [0.1, 0.15) is 21.5 Å². The number of anilines is 1. The van der Waals surface area contributed by atoms with Crippen LogP contribution in [0.5, 0.6) is 5.75 Å². The van der Waals surface area contributed by atoms with Crippen molar-refractivity contribution >= 4 is 11.6 Å². The summed E-state index contributed by atoms with van der Waals surface area (Å²) < 4.78 is 5.66. The van der Waals surface area contributed by atoms with E-state index in [4.69, 9.17) is 9.84 Å². The van der Waals surface area contributed by atoms with Crippen LogP contribution in [0.4, 0.5) is 5.69 Å². The number of benzene rings is 2. The molecule has 26 heavy (non-hydrogen) atoms. The van der Waals surface area contributed by atoms with Gasteiger partial charge in [-0.25, -0.2) is 0 Å². The van der Waals surface area contributed by atoms with Crippen molar-refractivity contribution in [3.8, 4) is 5.75 Å². The number of amides is 1. The summed E-state index contributed by atoms with van der Waals surface area (Å²) in [4.78, 5) is 12.4. The molecule has 2 rings (SSSR count). The van der Waals surface area contributed by atoms with E-state index in [1.165, 1.54) is 5.56 Å². The predicted molar refractivity (Wildman–Crippen MR) is 102 cm³/mol. The van der Waals surface area contributed by atoms with Gasteiger partial charge in [-0.2, -0.15) is 0 Å².